The topological polar surface area (TPSA) is 30.0 Å². The third-order valence-corrected chi connectivity index (χ3v) is 3.97. The number of hydrogen-bond acceptors (Lipinski definition) is 3. The molecule has 2 rings (SSSR count). The Hall–Kier alpha value is -0.700. The van der Waals surface area contributed by atoms with Crippen molar-refractivity contribution in [1.29, 1.82) is 0 Å². The predicted molar refractivity (Wildman–Crippen MR) is 62.1 cm³/mol. The summed E-state index contributed by atoms with van der Waals surface area (Å²) in [6.07, 6.45) is 3.75. The highest BCUT2D eigenvalue weighted by atomic mass is 32.1. The van der Waals surface area contributed by atoms with Crippen LogP contribution in [0.3, 0.4) is 0 Å². The molecule has 0 saturated heterocycles. The smallest absolute Gasteiger partial charge is 0.136 e. The van der Waals surface area contributed by atoms with Gasteiger partial charge in [0, 0.05) is 24.1 Å². The van der Waals surface area contributed by atoms with Crippen LogP contribution in [0.15, 0.2) is 5.38 Å². The fourth-order valence-corrected chi connectivity index (χ4v) is 2.90. The van der Waals surface area contributed by atoms with E-state index in [0.29, 0.717) is 11.7 Å². The second-order valence-electron chi connectivity index (χ2n) is 4.60. The third-order valence-electron chi connectivity index (χ3n) is 3.15. The van der Waals surface area contributed by atoms with Crippen LogP contribution in [0.2, 0.25) is 0 Å². The Morgan fingerprint density at radius 3 is 3.07 bits per heavy atom. The van der Waals surface area contributed by atoms with Gasteiger partial charge in [0.15, 0.2) is 0 Å². The van der Waals surface area contributed by atoms with Crippen molar-refractivity contribution >= 4 is 17.1 Å². The standard InChI is InChI=1S/C12H17NOS/c1-8-3-4-12(14)10(5-8)6-11-7-15-9(2)13-11/h7-8,10H,3-6H2,1-2H3. The minimum Gasteiger partial charge on any atom is -0.299 e. The van der Waals surface area contributed by atoms with Crippen molar-refractivity contribution in [3.8, 4) is 0 Å². The van der Waals surface area contributed by atoms with Crippen LogP contribution in [0.25, 0.3) is 0 Å². The van der Waals surface area contributed by atoms with Crippen LogP contribution >= 0.6 is 11.3 Å². The maximum Gasteiger partial charge on any atom is 0.136 e. The van der Waals surface area contributed by atoms with Crippen molar-refractivity contribution in [2.45, 2.75) is 39.5 Å². The average molecular weight is 223 g/mol. The molecule has 1 fully saturated rings. The summed E-state index contributed by atoms with van der Waals surface area (Å²) in [5, 5.41) is 3.18. The maximum atomic E-state index is 11.7. The van der Waals surface area contributed by atoms with E-state index >= 15 is 0 Å². The van der Waals surface area contributed by atoms with E-state index in [1.54, 1.807) is 11.3 Å². The van der Waals surface area contributed by atoms with E-state index < -0.39 is 0 Å². The molecule has 1 aromatic rings. The van der Waals surface area contributed by atoms with Crippen molar-refractivity contribution in [2.75, 3.05) is 0 Å². The van der Waals surface area contributed by atoms with Gasteiger partial charge in [0.1, 0.15) is 5.78 Å². The summed E-state index contributed by atoms with van der Waals surface area (Å²) >= 11 is 1.67. The molecule has 1 aliphatic carbocycles. The molecule has 0 radical (unpaired) electrons. The van der Waals surface area contributed by atoms with Crippen molar-refractivity contribution in [2.24, 2.45) is 11.8 Å². The second-order valence-corrected chi connectivity index (χ2v) is 5.67. The van der Waals surface area contributed by atoms with Crippen molar-refractivity contribution in [1.82, 2.24) is 4.98 Å². The number of ketones is 1. The maximum absolute atomic E-state index is 11.7. The van der Waals surface area contributed by atoms with Crippen molar-refractivity contribution in [3.05, 3.63) is 16.1 Å². The minimum absolute atomic E-state index is 0.232. The molecule has 2 nitrogen and oxygen atoms in total. The monoisotopic (exact) mass is 223 g/mol. The summed E-state index contributed by atoms with van der Waals surface area (Å²) in [6, 6.07) is 0. The molecular weight excluding hydrogens is 206 g/mol. The molecular formula is C12H17NOS. The molecule has 82 valence electrons. The molecule has 0 bridgehead atoms. The lowest BCUT2D eigenvalue weighted by atomic mass is 9.79. The summed E-state index contributed by atoms with van der Waals surface area (Å²) < 4.78 is 0. The van der Waals surface area contributed by atoms with E-state index in [1.165, 1.54) is 0 Å². The first-order valence-electron chi connectivity index (χ1n) is 5.59. The average Bonchev–Trinajstić information content (AvgIpc) is 2.58. The summed E-state index contributed by atoms with van der Waals surface area (Å²) in [5.74, 6) is 1.38. The number of Topliss-reactive ketones (excluding diaryl/α,β-unsaturated/α-hetero) is 1. The number of aryl methyl sites for hydroxylation is 1. The van der Waals surface area contributed by atoms with Gasteiger partial charge in [-0.15, -0.1) is 11.3 Å². The third kappa shape index (κ3) is 2.65. The number of nitrogens with zero attached hydrogens (tertiary/aromatic N) is 1. The first kappa shape index (κ1) is 10.8. The second kappa shape index (κ2) is 4.44. The Morgan fingerprint density at radius 1 is 1.60 bits per heavy atom. The number of hydrogen-bond donors (Lipinski definition) is 0. The largest absolute Gasteiger partial charge is 0.299 e. The highest BCUT2D eigenvalue weighted by molar-refractivity contribution is 7.09. The molecule has 15 heavy (non-hydrogen) atoms. The number of carbonyl (C=O) groups is 1. The highest BCUT2D eigenvalue weighted by Crippen LogP contribution is 2.28. The lowest BCUT2D eigenvalue weighted by Gasteiger charge is -2.24. The minimum atomic E-state index is 0.232. The number of rotatable bonds is 2. The summed E-state index contributed by atoms with van der Waals surface area (Å²) in [5.41, 5.74) is 1.10. The summed E-state index contributed by atoms with van der Waals surface area (Å²) in [7, 11) is 0. The zero-order valence-electron chi connectivity index (χ0n) is 9.32. The van der Waals surface area contributed by atoms with Gasteiger partial charge in [-0.05, 0) is 25.7 Å². The molecule has 0 aliphatic heterocycles. The lowest BCUT2D eigenvalue weighted by Crippen LogP contribution is -2.25. The summed E-state index contributed by atoms with van der Waals surface area (Å²) in [4.78, 5) is 16.2. The number of aromatic nitrogens is 1. The van der Waals surface area contributed by atoms with E-state index in [9.17, 15) is 4.79 Å². The van der Waals surface area contributed by atoms with Crippen LogP contribution in [-0.2, 0) is 11.2 Å². The van der Waals surface area contributed by atoms with Gasteiger partial charge >= 0.3 is 0 Å². The molecule has 3 heteroatoms. The predicted octanol–water partition coefficient (Wildman–Crippen LogP) is 3.00. The van der Waals surface area contributed by atoms with Crippen LogP contribution in [0, 0.1) is 18.8 Å². The SMILES string of the molecule is Cc1nc(CC2CC(C)CCC2=O)cs1. The Bertz CT molecular complexity index is 358. The lowest BCUT2D eigenvalue weighted by molar-refractivity contribution is -0.125. The zero-order valence-corrected chi connectivity index (χ0v) is 10.1. The molecule has 0 aromatic carbocycles. The molecule has 2 unspecified atom stereocenters. The van der Waals surface area contributed by atoms with E-state index in [-0.39, 0.29) is 5.92 Å². The first-order chi connectivity index (χ1) is 7.15. The van der Waals surface area contributed by atoms with Gasteiger partial charge in [-0.1, -0.05) is 6.92 Å². The van der Waals surface area contributed by atoms with Crippen LogP contribution in [0.4, 0.5) is 0 Å². The fraction of sp³-hybridized carbons (Fsp3) is 0.667. The van der Waals surface area contributed by atoms with Gasteiger partial charge in [0.05, 0.1) is 10.7 Å². The van der Waals surface area contributed by atoms with E-state index in [4.69, 9.17) is 0 Å². The molecule has 0 N–H and O–H groups in total. The van der Waals surface area contributed by atoms with Gasteiger partial charge in [0.25, 0.3) is 0 Å². The molecule has 1 aliphatic rings. The molecule has 1 heterocycles. The van der Waals surface area contributed by atoms with Crippen LogP contribution in [-0.4, -0.2) is 10.8 Å². The Kier molecular flexibility index (Phi) is 3.19. The molecule has 1 aromatic heterocycles. The number of thiazole rings is 1. The summed E-state index contributed by atoms with van der Waals surface area (Å²) in [6.45, 7) is 4.26. The highest BCUT2D eigenvalue weighted by Gasteiger charge is 2.26. The van der Waals surface area contributed by atoms with Crippen molar-refractivity contribution < 1.29 is 4.79 Å². The van der Waals surface area contributed by atoms with Gasteiger partial charge in [-0.2, -0.15) is 0 Å². The van der Waals surface area contributed by atoms with E-state index in [1.807, 2.05) is 6.92 Å². The van der Waals surface area contributed by atoms with Gasteiger partial charge < -0.3 is 0 Å². The van der Waals surface area contributed by atoms with Crippen LogP contribution in [0.5, 0.6) is 0 Å². The normalized spacial score (nSPS) is 26.9. The quantitative estimate of drug-likeness (QED) is 0.771. The number of carbonyl (C=O) groups excluding carboxylic acids is 1. The van der Waals surface area contributed by atoms with Crippen LogP contribution < -0.4 is 0 Å². The van der Waals surface area contributed by atoms with Crippen molar-refractivity contribution in [3.63, 3.8) is 0 Å². The van der Waals surface area contributed by atoms with Gasteiger partial charge in [-0.25, -0.2) is 4.98 Å². The zero-order chi connectivity index (χ0) is 10.8. The van der Waals surface area contributed by atoms with Crippen LogP contribution in [0.1, 0.15) is 36.9 Å². The Labute approximate surface area is 94.7 Å². The van der Waals surface area contributed by atoms with E-state index in [2.05, 4.69) is 17.3 Å². The Balaban J connectivity index is 2.01. The van der Waals surface area contributed by atoms with E-state index in [0.717, 1.165) is 36.4 Å². The molecule has 1 saturated carbocycles. The molecule has 0 spiro atoms. The van der Waals surface area contributed by atoms with Gasteiger partial charge in [0.2, 0.25) is 0 Å². The molecule has 2 atom stereocenters. The van der Waals surface area contributed by atoms with Gasteiger partial charge in [-0.3, -0.25) is 4.79 Å². The fourth-order valence-electron chi connectivity index (χ4n) is 2.28. The molecule has 0 amide bonds. The first-order valence-corrected chi connectivity index (χ1v) is 6.47. The Morgan fingerprint density at radius 2 is 2.40 bits per heavy atom.